The van der Waals surface area contributed by atoms with E-state index in [2.05, 4.69) is 10.3 Å². The molecule has 156 valence electrons. The lowest BCUT2D eigenvalue weighted by atomic mass is 10.1. The molecule has 0 saturated heterocycles. The molecule has 1 heterocycles. The predicted octanol–water partition coefficient (Wildman–Crippen LogP) is 3.05. The van der Waals surface area contributed by atoms with Gasteiger partial charge in [-0.1, -0.05) is 0 Å². The van der Waals surface area contributed by atoms with E-state index in [-0.39, 0.29) is 46.3 Å². The third-order valence-corrected chi connectivity index (χ3v) is 4.33. The molecule has 0 bridgehead atoms. The molecule has 0 aliphatic rings. The average Bonchev–Trinajstić information content (AvgIpc) is 2.75. The van der Waals surface area contributed by atoms with E-state index in [0.29, 0.717) is 17.2 Å². The summed E-state index contributed by atoms with van der Waals surface area (Å²) in [6, 6.07) is 5.65. The number of nitrogens with two attached hydrogens (primary N) is 2. The number of fused-ring (bicyclic) bond motifs is 1. The Kier molecular flexibility index (Phi) is 5.95. The Morgan fingerprint density at radius 3 is 2.67 bits per heavy atom. The summed E-state index contributed by atoms with van der Waals surface area (Å²) in [5.41, 5.74) is 11.1. The number of nitrogen functional groups attached to an aromatic ring is 1. The number of rotatable bonds is 8. The molecule has 2 aromatic carbocycles. The van der Waals surface area contributed by atoms with E-state index in [9.17, 15) is 18.4 Å². The number of hydrogen-bond donors (Lipinski definition) is 3. The number of nitrogens with one attached hydrogen (secondary N) is 1. The van der Waals surface area contributed by atoms with Gasteiger partial charge in [-0.15, -0.1) is 0 Å². The van der Waals surface area contributed by atoms with E-state index in [1.807, 2.05) is 0 Å². The molecule has 1 aromatic heterocycles. The van der Waals surface area contributed by atoms with Crippen molar-refractivity contribution in [2.24, 2.45) is 5.73 Å². The topological polar surface area (TPSA) is 130 Å². The molecule has 5 N–H and O–H groups in total. The summed E-state index contributed by atoms with van der Waals surface area (Å²) in [7, 11) is 1.39. The minimum absolute atomic E-state index is 0.0944. The highest BCUT2D eigenvalue weighted by Crippen LogP contribution is 2.38. The Hall–Kier alpha value is -3.95. The van der Waals surface area contributed by atoms with Crippen LogP contribution < -0.4 is 26.3 Å². The van der Waals surface area contributed by atoms with Crippen LogP contribution in [0.4, 0.5) is 20.2 Å². The van der Waals surface area contributed by atoms with E-state index in [0.717, 1.165) is 0 Å². The second kappa shape index (κ2) is 8.60. The van der Waals surface area contributed by atoms with Gasteiger partial charge in [-0.25, -0.2) is 8.78 Å². The van der Waals surface area contributed by atoms with Crippen molar-refractivity contribution in [3.63, 3.8) is 0 Å². The highest BCUT2D eigenvalue weighted by molar-refractivity contribution is 6.01. The molecule has 3 rings (SSSR count). The van der Waals surface area contributed by atoms with Crippen molar-refractivity contribution >= 4 is 34.5 Å². The molecule has 10 heteroatoms. The summed E-state index contributed by atoms with van der Waals surface area (Å²) in [6.45, 7) is -0.950. The maximum absolute atomic E-state index is 14.7. The lowest BCUT2D eigenvalue weighted by Crippen LogP contribution is -2.12. The second-order valence-corrected chi connectivity index (χ2v) is 6.15. The van der Waals surface area contributed by atoms with Crippen LogP contribution in [0.5, 0.6) is 17.2 Å². The Labute approximate surface area is 169 Å². The molecule has 0 aliphatic heterocycles. The number of nitrogens with zero attached hydrogens (tertiary/aromatic N) is 1. The SMILES string of the molecule is COc1cc2nccc(Oc3cc(C=O)c(NCCF)c(F)c3N)c2cc1C(N)=O. The fraction of sp³-hybridized carbons (Fsp3) is 0.150. The minimum atomic E-state index is -0.944. The second-order valence-electron chi connectivity index (χ2n) is 6.15. The fourth-order valence-electron chi connectivity index (χ4n) is 2.91. The number of carbonyl (C=O) groups is 2. The van der Waals surface area contributed by atoms with Crippen LogP contribution in [0, 0.1) is 5.82 Å². The van der Waals surface area contributed by atoms with Gasteiger partial charge in [0.1, 0.15) is 23.9 Å². The van der Waals surface area contributed by atoms with E-state index in [1.54, 1.807) is 0 Å². The Morgan fingerprint density at radius 1 is 1.27 bits per heavy atom. The molecule has 3 aromatic rings. The molecular weight excluding hydrogens is 398 g/mol. The van der Waals surface area contributed by atoms with Crippen molar-refractivity contribution in [3.05, 3.63) is 47.4 Å². The van der Waals surface area contributed by atoms with Crippen molar-refractivity contribution in [3.8, 4) is 17.2 Å². The van der Waals surface area contributed by atoms with Crippen LogP contribution in [0.25, 0.3) is 10.9 Å². The van der Waals surface area contributed by atoms with Crippen molar-refractivity contribution in [1.29, 1.82) is 0 Å². The lowest BCUT2D eigenvalue weighted by molar-refractivity contribution is 0.0997. The van der Waals surface area contributed by atoms with Gasteiger partial charge in [0, 0.05) is 29.8 Å². The summed E-state index contributed by atoms with van der Waals surface area (Å²) in [5, 5.41) is 2.87. The Balaban J connectivity index is 2.12. The quantitative estimate of drug-likeness (QED) is 0.380. The molecule has 0 radical (unpaired) electrons. The molecule has 0 unspecified atom stereocenters. The molecule has 0 spiro atoms. The van der Waals surface area contributed by atoms with Gasteiger partial charge in [0.2, 0.25) is 0 Å². The number of amides is 1. The van der Waals surface area contributed by atoms with Gasteiger partial charge < -0.3 is 26.3 Å². The van der Waals surface area contributed by atoms with E-state index in [1.165, 1.54) is 37.6 Å². The number of aldehydes is 1. The van der Waals surface area contributed by atoms with Gasteiger partial charge in [0.05, 0.1) is 23.9 Å². The van der Waals surface area contributed by atoms with Crippen LogP contribution in [0.2, 0.25) is 0 Å². The maximum atomic E-state index is 14.7. The molecular formula is C20H18F2N4O4. The van der Waals surface area contributed by atoms with Crippen LogP contribution in [-0.2, 0) is 0 Å². The maximum Gasteiger partial charge on any atom is 0.252 e. The third kappa shape index (κ3) is 3.79. The van der Waals surface area contributed by atoms with Crippen LogP contribution >= 0.6 is 0 Å². The van der Waals surface area contributed by atoms with Gasteiger partial charge in [-0.05, 0) is 18.2 Å². The lowest BCUT2D eigenvalue weighted by Gasteiger charge is -2.16. The first-order chi connectivity index (χ1) is 14.4. The van der Waals surface area contributed by atoms with Crippen molar-refractivity contribution < 1.29 is 27.8 Å². The summed E-state index contributed by atoms with van der Waals surface area (Å²) >= 11 is 0. The average molecular weight is 416 g/mol. The standard InChI is InChI=1S/C20H18F2N4O4/c1-29-15-8-13-11(7-12(15)20(24)28)14(2-4-25-13)30-16-6-10(9-27)19(26-5-3-21)17(22)18(16)23/h2,4,6-9,26H,3,5,23H2,1H3,(H2,24,28). The predicted molar refractivity (Wildman–Crippen MR) is 108 cm³/mol. The number of anilines is 2. The first kappa shape index (κ1) is 20.8. The van der Waals surface area contributed by atoms with Crippen LogP contribution in [0.3, 0.4) is 0 Å². The minimum Gasteiger partial charge on any atom is -0.496 e. The number of methoxy groups -OCH3 is 1. The highest BCUT2D eigenvalue weighted by atomic mass is 19.1. The molecule has 0 fully saturated rings. The molecule has 0 aliphatic carbocycles. The largest absolute Gasteiger partial charge is 0.496 e. The summed E-state index contributed by atoms with van der Waals surface area (Å²) in [6.07, 6.45) is 1.84. The van der Waals surface area contributed by atoms with Gasteiger partial charge in [0.15, 0.2) is 17.9 Å². The zero-order chi connectivity index (χ0) is 21.8. The number of hydrogen-bond acceptors (Lipinski definition) is 7. The monoisotopic (exact) mass is 416 g/mol. The zero-order valence-electron chi connectivity index (χ0n) is 15.9. The van der Waals surface area contributed by atoms with Crippen molar-refractivity contribution in [1.82, 2.24) is 4.98 Å². The van der Waals surface area contributed by atoms with Gasteiger partial charge in [-0.3, -0.25) is 14.6 Å². The van der Waals surface area contributed by atoms with Crippen molar-refractivity contribution in [2.75, 3.05) is 31.4 Å². The van der Waals surface area contributed by atoms with Gasteiger partial charge in [-0.2, -0.15) is 0 Å². The van der Waals surface area contributed by atoms with Crippen LogP contribution in [-0.4, -0.2) is 37.5 Å². The Bertz CT molecular complexity index is 1140. The van der Waals surface area contributed by atoms with Crippen LogP contribution in [0.15, 0.2) is 30.5 Å². The normalized spacial score (nSPS) is 10.6. The number of pyridine rings is 1. The number of aromatic nitrogens is 1. The number of alkyl halides is 1. The number of halogens is 2. The summed E-state index contributed by atoms with van der Waals surface area (Å²) in [5.74, 6) is -1.37. The molecule has 0 saturated carbocycles. The van der Waals surface area contributed by atoms with Gasteiger partial charge in [0.25, 0.3) is 5.91 Å². The summed E-state index contributed by atoms with van der Waals surface area (Å²) in [4.78, 5) is 27.3. The van der Waals surface area contributed by atoms with Crippen molar-refractivity contribution in [2.45, 2.75) is 0 Å². The molecule has 1 amide bonds. The smallest absolute Gasteiger partial charge is 0.252 e. The first-order valence-electron chi connectivity index (χ1n) is 8.72. The Morgan fingerprint density at radius 2 is 2.03 bits per heavy atom. The number of benzene rings is 2. The molecule has 8 nitrogen and oxygen atoms in total. The fourth-order valence-corrected chi connectivity index (χ4v) is 2.91. The van der Waals surface area contributed by atoms with E-state index >= 15 is 0 Å². The number of primary amides is 1. The molecule has 0 atom stereocenters. The van der Waals surface area contributed by atoms with E-state index < -0.39 is 18.4 Å². The zero-order valence-corrected chi connectivity index (χ0v) is 15.9. The highest BCUT2D eigenvalue weighted by Gasteiger charge is 2.19. The van der Waals surface area contributed by atoms with Crippen LogP contribution in [0.1, 0.15) is 20.7 Å². The van der Waals surface area contributed by atoms with E-state index in [4.69, 9.17) is 20.9 Å². The number of carbonyl (C=O) groups excluding carboxylic acids is 2. The first-order valence-corrected chi connectivity index (χ1v) is 8.72. The third-order valence-electron chi connectivity index (χ3n) is 4.33. The van der Waals surface area contributed by atoms with Gasteiger partial charge >= 0.3 is 0 Å². The number of ether oxygens (including phenoxy) is 2. The summed E-state index contributed by atoms with van der Waals surface area (Å²) < 4.78 is 38.0. The molecule has 30 heavy (non-hydrogen) atoms.